The molecule has 2 heterocycles. The molecular formula is C17H14ClNO3. The third-order valence-corrected chi connectivity index (χ3v) is 4.25. The minimum absolute atomic E-state index is 0.172. The van der Waals surface area contributed by atoms with Crippen molar-refractivity contribution in [3.05, 3.63) is 52.0 Å². The molecule has 2 aliphatic heterocycles. The van der Waals surface area contributed by atoms with Crippen LogP contribution in [0.3, 0.4) is 0 Å². The highest BCUT2D eigenvalue weighted by molar-refractivity contribution is 6.30. The summed E-state index contributed by atoms with van der Waals surface area (Å²) in [5, 5.41) is 3.60. The van der Waals surface area contributed by atoms with Crippen molar-refractivity contribution in [3.63, 3.8) is 0 Å². The second-order valence-electron chi connectivity index (χ2n) is 5.37. The maximum atomic E-state index is 12.5. The molecule has 0 radical (unpaired) electrons. The third-order valence-electron chi connectivity index (χ3n) is 4.00. The summed E-state index contributed by atoms with van der Waals surface area (Å²) in [5.74, 6) is 1.47. The highest BCUT2D eigenvalue weighted by Crippen LogP contribution is 2.44. The molecule has 0 unspecified atom stereocenters. The molecule has 0 fully saturated rings. The molecule has 1 amide bonds. The number of carbonyl (C=O) groups excluding carboxylic acids is 1. The highest BCUT2D eigenvalue weighted by atomic mass is 35.5. The van der Waals surface area contributed by atoms with E-state index in [2.05, 4.69) is 5.32 Å². The predicted molar refractivity (Wildman–Crippen MR) is 84.2 cm³/mol. The number of halogens is 1. The number of benzene rings is 2. The minimum Gasteiger partial charge on any atom is -0.493 e. The van der Waals surface area contributed by atoms with Gasteiger partial charge in [-0.2, -0.15) is 0 Å². The van der Waals surface area contributed by atoms with Gasteiger partial charge in [-0.05, 0) is 30.3 Å². The molecule has 0 bridgehead atoms. The van der Waals surface area contributed by atoms with Gasteiger partial charge in [-0.25, -0.2) is 0 Å². The predicted octanol–water partition coefficient (Wildman–Crippen LogP) is 3.46. The van der Waals surface area contributed by atoms with Crippen molar-refractivity contribution in [2.45, 2.75) is 12.8 Å². The van der Waals surface area contributed by atoms with Crippen molar-refractivity contribution in [1.82, 2.24) is 0 Å². The Morgan fingerprint density at radius 3 is 2.68 bits per heavy atom. The zero-order valence-corrected chi connectivity index (χ0v) is 12.6. The number of anilines is 1. The van der Waals surface area contributed by atoms with Crippen LogP contribution in [0.1, 0.15) is 21.5 Å². The van der Waals surface area contributed by atoms with Gasteiger partial charge in [0.1, 0.15) is 11.5 Å². The van der Waals surface area contributed by atoms with Gasteiger partial charge in [0.15, 0.2) is 0 Å². The molecule has 4 rings (SSSR count). The van der Waals surface area contributed by atoms with E-state index in [4.69, 9.17) is 21.1 Å². The first-order chi connectivity index (χ1) is 10.7. The van der Waals surface area contributed by atoms with E-state index in [0.717, 1.165) is 41.2 Å². The number of carbonyl (C=O) groups is 1. The van der Waals surface area contributed by atoms with Gasteiger partial charge in [0, 0.05) is 34.6 Å². The maximum absolute atomic E-state index is 12.5. The summed E-state index contributed by atoms with van der Waals surface area (Å²) in [6.45, 7) is 1.28. The Balaban J connectivity index is 1.71. The average Bonchev–Trinajstić information content (AvgIpc) is 3.16. The molecule has 2 aromatic carbocycles. The van der Waals surface area contributed by atoms with Crippen molar-refractivity contribution in [2.24, 2.45) is 0 Å². The summed E-state index contributed by atoms with van der Waals surface area (Å²) in [5.41, 5.74) is 3.42. The van der Waals surface area contributed by atoms with E-state index in [1.807, 2.05) is 6.07 Å². The number of hydrogen-bond acceptors (Lipinski definition) is 3. The first-order valence-corrected chi connectivity index (χ1v) is 7.61. The Morgan fingerprint density at radius 2 is 1.86 bits per heavy atom. The molecule has 0 aromatic heterocycles. The van der Waals surface area contributed by atoms with Gasteiger partial charge in [-0.3, -0.25) is 4.79 Å². The zero-order chi connectivity index (χ0) is 15.1. The van der Waals surface area contributed by atoms with Gasteiger partial charge in [-0.1, -0.05) is 11.6 Å². The maximum Gasteiger partial charge on any atom is 0.255 e. The second-order valence-corrected chi connectivity index (χ2v) is 5.81. The van der Waals surface area contributed by atoms with Gasteiger partial charge < -0.3 is 14.8 Å². The first-order valence-electron chi connectivity index (χ1n) is 7.23. The molecule has 22 heavy (non-hydrogen) atoms. The Morgan fingerprint density at radius 1 is 1.09 bits per heavy atom. The smallest absolute Gasteiger partial charge is 0.255 e. The number of hydrogen-bond donors (Lipinski definition) is 1. The Bertz CT molecular complexity index is 723. The Labute approximate surface area is 133 Å². The number of fused-ring (bicyclic) bond motifs is 2. The standard InChI is InChI=1S/C17H14ClNO3/c18-12-3-1-10(2-4-12)17(20)19-15-13-6-8-21-14(13)9-11-5-7-22-16(11)15/h1-4,9H,5-8H2,(H,19,20). The van der Waals surface area contributed by atoms with Crippen LogP contribution >= 0.6 is 11.6 Å². The van der Waals surface area contributed by atoms with Crippen molar-refractivity contribution in [1.29, 1.82) is 0 Å². The van der Waals surface area contributed by atoms with E-state index in [0.29, 0.717) is 23.8 Å². The van der Waals surface area contributed by atoms with Gasteiger partial charge in [0.2, 0.25) is 0 Å². The molecule has 112 valence electrons. The van der Waals surface area contributed by atoms with Crippen LogP contribution in [0.15, 0.2) is 30.3 Å². The van der Waals surface area contributed by atoms with Gasteiger partial charge in [0.05, 0.1) is 18.9 Å². The Kier molecular flexibility index (Phi) is 3.19. The third kappa shape index (κ3) is 2.20. The van der Waals surface area contributed by atoms with Crippen LogP contribution in [0.4, 0.5) is 5.69 Å². The van der Waals surface area contributed by atoms with Crippen LogP contribution in [0.25, 0.3) is 0 Å². The zero-order valence-electron chi connectivity index (χ0n) is 11.8. The molecule has 2 aliphatic rings. The number of ether oxygens (including phenoxy) is 2. The number of amides is 1. The fourth-order valence-corrected chi connectivity index (χ4v) is 3.03. The quantitative estimate of drug-likeness (QED) is 0.923. The summed E-state index contributed by atoms with van der Waals surface area (Å²) in [6.07, 6.45) is 1.62. The van der Waals surface area contributed by atoms with E-state index in [1.54, 1.807) is 24.3 Å². The topological polar surface area (TPSA) is 47.6 Å². The largest absolute Gasteiger partial charge is 0.493 e. The first kappa shape index (κ1) is 13.5. The van der Waals surface area contributed by atoms with Crippen LogP contribution in [0.2, 0.25) is 5.02 Å². The van der Waals surface area contributed by atoms with Crippen LogP contribution in [-0.4, -0.2) is 19.1 Å². The van der Waals surface area contributed by atoms with E-state index in [1.165, 1.54) is 0 Å². The van der Waals surface area contributed by atoms with Gasteiger partial charge >= 0.3 is 0 Å². The van der Waals surface area contributed by atoms with Crippen LogP contribution in [-0.2, 0) is 12.8 Å². The fourth-order valence-electron chi connectivity index (χ4n) is 2.90. The molecule has 4 nitrogen and oxygen atoms in total. The molecule has 0 saturated heterocycles. The van der Waals surface area contributed by atoms with Gasteiger partial charge in [-0.15, -0.1) is 0 Å². The van der Waals surface area contributed by atoms with Crippen LogP contribution < -0.4 is 14.8 Å². The summed E-state index contributed by atoms with van der Waals surface area (Å²) in [7, 11) is 0. The lowest BCUT2D eigenvalue weighted by atomic mass is 10.0. The summed E-state index contributed by atoms with van der Waals surface area (Å²) in [4.78, 5) is 12.5. The van der Waals surface area contributed by atoms with Crippen molar-refractivity contribution in [2.75, 3.05) is 18.5 Å². The molecule has 0 aliphatic carbocycles. The molecular weight excluding hydrogens is 302 g/mol. The molecule has 1 N–H and O–H groups in total. The molecule has 2 aromatic rings. The summed E-state index contributed by atoms with van der Waals surface area (Å²) >= 11 is 5.86. The fraction of sp³-hybridized carbons (Fsp3) is 0.235. The van der Waals surface area contributed by atoms with Crippen molar-refractivity contribution < 1.29 is 14.3 Å². The van der Waals surface area contributed by atoms with Gasteiger partial charge in [0.25, 0.3) is 5.91 Å². The van der Waals surface area contributed by atoms with E-state index in [-0.39, 0.29) is 5.91 Å². The SMILES string of the molecule is O=C(Nc1c2c(cc3c1OCC3)OCC2)c1ccc(Cl)cc1. The molecule has 0 atom stereocenters. The summed E-state index contributed by atoms with van der Waals surface area (Å²) < 4.78 is 11.4. The van der Waals surface area contributed by atoms with Crippen molar-refractivity contribution >= 4 is 23.2 Å². The lowest BCUT2D eigenvalue weighted by Crippen LogP contribution is -2.13. The average molecular weight is 316 g/mol. The normalized spacial score (nSPS) is 14.8. The monoisotopic (exact) mass is 315 g/mol. The molecule has 0 saturated carbocycles. The van der Waals surface area contributed by atoms with Crippen LogP contribution in [0, 0.1) is 0 Å². The number of nitrogens with one attached hydrogen (secondary N) is 1. The Hall–Kier alpha value is -2.20. The second kappa shape index (κ2) is 5.21. The molecule has 0 spiro atoms. The molecule has 5 heteroatoms. The van der Waals surface area contributed by atoms with Crippen molar-refractivity contribution in [3.8, 4) is 11.5 Å². The number of rotatable bonds is 2. The van der Waals surface area contributed by atoms with Crippen LogP contribution in [0.5, 0.6) is 11.5 Å². The van der Waals surface area contributed by atoms with E-state index >= 15 is 0 Å². The minimum atomic E-state index is -0.172. The lowest BCUT2D eigenvalue weighted by molar-refractivity contribution is 0.102. The lowest BCUT2D eigenvalue weighted by Gasteiger charge is -2.14. The van der Waals surface area contributed by atoms with E-state index in [9.17, 15) is 4.79 Å². The summed E-state index contributed by atoms with van der Waals surface area (Å²) in [6, 6.07) is 8.85. The highest BCUT2D eigenvalue weighted by Gasteiger charge is 2.27. The van der Waals surface area contributed by atoms with E-state index < -0.39 is 0 Å².